The minimum Gasteiger partial charge on any atom is -0.368 e. The lowest BCUT2D eigenvalue weighted by molar-refractivity contribution is 0.212. The standard InChI is InChI=1S/C31H38N6.C5H11N/c1-6-29-33-27-20-35(28-12-8-11-24-10-7-9-22(4)30(24)28)16-14-26(27)31(34-29)36-17-18-37(23(5)21(2)3)25(19-36)13-15-32;1-6-4-2-3-5-6/h7-12,21,25H,5-6,13-14,16-20H2,1-4H3;2-5H2,1H3. The minimum atomic E-state index is 0.128. The Morgan fingerprint density at radius 1 is 1.02 bits per heavy atom. The van der Waals surface area contributed by atoms with E-state index >= 15 is 0 Å². The third-order valence-electron chi connectivity index (χ3n) is 9.31. The van der Waals surface area contributed by atoms with E-state index in [-0.39, 0.29) is 6.04 Å². The summed E-state index contributed by atoms with van der Waals surface area (Å²) in [5.74, 6) is 2.35. The Morgan fingerprint density at radius 2 is 1.77 bits per heavy atom. The van der Waals surface area contributed by atoms with Crippen LogP contribution in [-0.2, 0) is 19.4 Å². The monoisotopic (exact) mass is 579 g/mol. The molecule has 2 aromatic carbocycles. The summed E-state index contributed by atoms with van der Waals surface area (Å²) in [5, 5.41) is 12.2. The molecule has 43 heavy (non-hydrogen) atoms. The van der Waals surface area contributed by atoms with Crippen molar-refractivity contribution < 1.29 is 0 Å². The second-order valence-corrected chi connectivity index (χ2v) is 12.7. The molecule has 2 saturated heterocycles. The number of hydrogen-bond donors (Lipinski definition) is 0. The van der Waals surface area contributed by atoms with E-state index in [0.29, 0.717) is 12.3 Å². The van der Waals surface area contributed by atoms with E-state index in [1.807, 2.05) is 0 Å². The molecule has 1 unspecified atom stereocenters. The molecule has 3 aliphatic rings. The van der Waals surface area contributed by atoms with Crippen molar-refractivity contribution in [2.24, 2.45) is 5.92 Å². The van der Waals surface area contributed by atoms with Gasteiger partial charge in [0.1, 0.15) is 11.6 Å². The van der Waals surface area contributed by atoms with E-state index in [2.05, 4.69) is 103 Å². The van der Waals surface area contributed by atoms with Crippen LogP contribution in [0.25, 0.3) is 10.8 Å². The van der Waals surface area contributed by atoms with E-state index in [4.69, 9.17) is 9.97 Å². The molecule has 0 N–H and O–H groups in total. The van der Waals surface area contributed by atoms with Crippen LogP contribution in [0.5, 0.6) is 0 Å². The third-order valence-corrected chi connectivity index (χ3v) is 9.31. The van der Waals surface area contributed by atoms with Crippen LogP contribution >= 0.6 is 0 Å². The SMILES string of the molecule is C=C(C(C)C)N1CCN(c2nc(CC)nc3c2CCN(c2cccc4cccc(C)c24)C3)CC1CC#N.CN1CCCC1. The molecule has 2 fully saturated rings. The van der Waals surface area contributed by atoms with Crippen LogP contribution in [0.15, 0.2) is 48.7 Å². The Balaban J connectivity index is 0.000000548. The van der Waals surface area contributed by atoms with Crippen molar-refractivity contribution in [2.45, 2.75) is 72.4 Å². The van der Waals surface area contributed by atoms with Gasteiger partial charge in [-0.2, -0.15) is 5.26 Å². The molecule has 7 heteroatoms. The molecule has 4 heterocycles. The molecule has 0 spiro atoms. The highest BCUT2D eigenvalue weighted by Crippen LogP contribution is 2.35. The molecule has 0 aliphatic carbocycles. The number of benzene rings is 2. The molecular formula is C36H49N7. The summed E-state index contributed by atoms with van der Waals surface area (Å²) in [7, 11) is 2.17. The molecule has 1 atom stereocenters. The fourth-order valence-corrected chi connectivity index (χ4v) is 6.77. The zero-order valence-corrected chi connectivity index (χ0v) is 26.9. The van der Waals surface area contributed by atoms with Gasteiger partial charge in [-0.3, -0.25) is 0 Å². The van der Waals surface area contributed by atoms with Crippen LogP contribution in [0.1, 0.15) is 62.7 Å². The highest BCUT2D eigenvalue weighted by Gasteiger charge is 2.32. The molecule has 3 aliphatic heterocycles. The molecule has 1 aromatic heterocycles. The van der Waals surface area contributed by atoms with Crippen LogP contribution in [0.4, 0.5) is 11.5 Å². The molecule has 0 saturated carbocycles. The van der Waals surface area contributed by atoms with Gasteiger partial charge in [-0.15, -0.1) is 0 Å². The maximum absolute atomic E-state index is 9.56. The number of likely N-dealkylation sites (tertiary alicyclic amines) is 1. The van der Waals surface area contributed by atoms with Gasteiger partial charge in [0.25, 0.3) is 0 Å². The van der Waals surface area contributed by atoms with Gasteiger partial charge in [0.2, 0.25) is 0 Å². The van der Waals surface area contributed by atoms with Crippen molar-refractivity contribution in [2.75, 3.05) is 56.1 Å². The Bertz CT molecular complexity index is 1460. The smallest absolute Gasteiger partial charge is 0.136 e. The first-order chi connectivity index (χ1) is 20.8. The highest BCUT2D eigenvalue weighted by molar-refractivity contribution is 5.97. The van der Waals surface area contributed by atoms with Crippen LogP contribution < -0.4 is 9.80 Å². The van der Waals surface area contributed by atoms with Gasteiger partial charge in [-0.25, -0.2) is 9.97 Å². The summed E-state index contributed by atoms with van der Waals surface area (Å²) >= 11 is 0. The highest BCUT2D eigenvalue weighted by atomic mass is 15.3. The fourth-order valence-electron chi connectivity index (χ4n) is 6.77. The second kappa shape index (κ2) is 13.8. The van der Waals surface area contributed by atoms with Gasteiger partial charge in [-0.05, 0) is 69.3 Å². The number of allylic oxidation sites excluding steroid dienone is 1. The minimum absolute atomic E-state index is 0.128. The molecule has 228 valence electrons. The first-order valence-corrected chi connectivity index (χ1v) is 16.2. The number of piperazine rings is 1. The molecule has 6 rings (SSSR count). The lowest BCUT2D eigenvalue weighted by Crippen LogP contribution is -2.53. The van der Waals surface area contributed by atoms with Crippen LogP contribution in [0, 0.1) is 24.2 Å². The number of rotatable bonds is 6. The number of fused-ring (bicyclic) bond motifs is 2. The quantitative estimate of drug-likeness (QED) is 0.337. The largest absolute Gasteiger partial charge is 0.368 e. The average Bonchev–Trinajstić information content (AvgIpc) is 3.51. The number of anilines is 2. The summed E-state index contributed by atoms with van der Waals surface area (Å²) in [4.78, 5) is 19.7. The summed E-state index contributed by atoms with van der Waals surface area (Å²) < 4.78 is 0. The predicted octanol–water partition coefficient (Wildman–Crippen LogP) is 6.35. The van der Waals surface area contributed by atoms with E-state index in [9.17, 15) is 5.26 Å². The van der Waals surface area contributed by atoms with E-state index in [1.54, 1.807) is 0 Å². The Morgan fingerprint density at radius 3 is 2.42 bits per heavy atom. The topological polar surface area (TPSA) is 62.5 Å². The van der Waals surface area contributed by atoms with E-state index in [1.165, 1.54) is 53.5 Å². The predicted molar refractivity (Wildman–Crippen MR) is 178 cm³/mol. The summed E-state index contributed by atoms with van der Waals surface area (Å²) in [6.07, 6.45) is 5.04. The first kappa shape index (κ1) is 30.8. The zero-order chi connectivity index (χ0) is 30.5. The van der Waals surface area contributed by atoms with E-state index in [0.717, 1.165) is 68.6 Å². The third kappa shape index (κ3) is 6.80. The van der Waals surface area contributed by atoms with Gasteiger partial charge >= 0.3 is 0 Å². The van der Waals surface area contributed by atoms with Crippen molar-refractivity contribution in [1.82, 2.24) is 19.8 Å². The normalized spacial score (nSPS) is 18.8. The van der Waals surface area contributed by atoms with Gasteiger partial charge < -0.3 is 19.6 Å². The van der Waals surface area contributed by atoms with Gasteiger partial charge in [0.05, 0.1) is 30.8 Å². The van der Waals surface area contributed by atoms with Crippen molar-refractivity contribution in [3.63, 3.8) is 0 Å². The van der Waals surface area contributed by atoms with Gasteiger partial charge in [-0.1, -0.05) is 57.7 Å². The number of hydrogen-bond acceptors (Lipinski definition) is 7. The van der Waals surface area contributed by atoms with Crippen LogP contribution in [0.3, 0.4) is 0 Å². The first-order valence-electron chi connectivity index (χ1n) is 16.2. The number of nitriles is 1. The van der Waals surface area contributed by atoms with Gasteiger partial charge in [0, 0.05) is 54.9 Å². The van der Waals surface area contributed by atoms with Crippen molar-refractivity contribution in [3.05, 3.63) is 71.3 Å². The average molecular weight is 580 g/mol. The maximum atomic E-state index is 9.56. The van der Waals surface area contributed by atoms with E-state index < -0.39 is 0 Å². The summed E-state index contributed by atoms with van der Waals surface area (Å²) in [6.45, 7) is 19.9. The molecular weight excluding hydrogens is 530 g/mol. The molecule has 3 aromatic rings. The lowest BCUT2D eigenvalue weighted by atomic mass is 9.99. The maximum Gasteiger partial charge on any atom is 0.136 e. The fraction of sp³-hybridized carbons (Fsp3) is 0.528. The molecule has 0 amide bonds. The van der Waals surface area contributed by atoms with Crippen LogP contribution in [0.2, 0.25) is 0 Å². The number of aryl methyl sites for hydroxylation is 2. The van der Waals surface area contributed by atoms with Crippen LogP contribution in [-0.4, -0.2) is 72.1 Å². The molecule has 0 radical (unpaired) electrons. The van der Waals surface area contributed by atoms with Gasteiger partial charge in [0.15, 0.2) is 0 Å². The summed E-state index contributed by atoms with van der Waals surface area (Å²) in [6, 6.07) is 15.7. The van der Waals surface area contributed by atoms with Crippen molar-refractivity contribution in [3.8, 4) is 6.07 Å². The molecule has 0 bridgehead atoms. The Kier molecular flexibility index (Phi) is 9.87. The number of aromatic nitrogens is 2. The molecule has 7 nitrogen and oxygen atoms in total. The van der Waals surface area contributed by atoms with Crippen molar-refractivity contribution in [1.29, 1.82) is 5.26 Å². The zero-order valence-electron chi connectivity index (χ0n) is 26.9. The Hall–Kier alpha value is -3.63. The summed E-state index contributed by atoms with van der Waals surface area (Å²) in [5.41, 5.74) is 6.14. The second-order valence-electron chi connectivity index (χ2n) is 12.7. The lowest BCUT2D eigenvalue weighted by Gasteiger charge is -2.45. The Labute approximate surface area is 258 Å². The number of nitrogens with zero attached hydrogens (tertiary/aromatic N) is 7. The van der Waals surface area contributed by atoms with Crippen molar-refractivity contribution >= 4 is 22.3 Å².